The van der Waals surface area contributed by atoms with E-state index in [1.54, 1.807) is 0 Å². The molecule has 1 amide bonds. The van der Waals surface area contributed by atoms with Crippen LogP contribution in [0.3, 0.4) is 0 Å². The van der Waals surface area contributed by atoms with Crippen LogP contribution in [-0.4, -0.2) is 33.4 Å². The number of carbonyl (C=O) groups is 1. The summed E-state index contributed by atoms with van der Waals surface area (Å²) < 4.78 is 0. The third-order valence-electron chi connectivity index (χ3n) is 5.42. The van der Waals surface area contributed by atoms with E-state index < -0.39 is 0 Å². The van der Waals surface area contributed by atoms with E-state index in [4.69, 9.17) is 0 Å². The number of nitrogens with one attached hydrogen (secondary N) is 1. The molecule has 0 spiro atoms. The predicted octanol–water partition coefficient (Wildman–Crippen LogP) is 3.68. The lowest BCUT2D eigenvalue weighted by Gasteiger charge is -2.20. The largest absolute Gasteiger partial charge is 0.342 e. The number of fused-ring (bicyclic) bond motifs is 1. The molecule has 126 valence electrons. The summed E-state index contributed by atoms with van der Waals surface area (Å²) in [4.78, 5) is 22.1. The number of likely N-dealkylation sites (tertiary alicyclic amines) is 1. The topological polar surface area (TPSA) is 49.0 Å². The first-order valence-corrected chi connectivity index (χ1v) is 9.08. The number of hydrogen-bond acceptors (Lipinski definition) is 2. The lowest BCUT2D eigenvalue weighted by molar-refractivity contribution is -0.129. The van der Waals surface area contributed by atoms with Crippen molar-refractivity contribution in [3.05, 3.63) is 41.3 Å². The maximum Gasteiger partial charge on any atom is 0.223 e. The summed E-state index contributed by atoms with van der Waals surface area (Å²) in [6, 6.07) is 7.04. The monoisotopic (exact) mass is 323 g/mol. The Kier molecular flexibility index (Phi) is 3.91. The highest BCUT2D eigenvalue weighted by Crippen LogP contribution is 2.31. The number of carbonyl (C=O) groups excluding carboxylic acids is 1. The molecule has 1 aromatic heterocycles. The molecule has 0 saturated carbocycles. The fourth-order valence-corrected chi connectivity index (χ4v) is 4.01. The molecule has 1 N–H and O–H groups in total. The van der Waals surface area contributed by atoms with E-state index in [0.717, 1.165) is 18.1 Å². The summed E-state index contributed by atoms with van der Waals surface area (Å²) in [6.07, 6.45) is 7.48. The Morgan fingerprint density at radius 3 is 2.75 bits per heavy atom. The van der Waals surface area contributed by atoms with Gasteiger partial charge in [-0.25, -0.2) is 4.98 Å². The Hall–Kier alpha value is -2.10. The first kappa shape index (κ1) is 15.4. The summed E-state index contributed by atoms with van der Waals surface area (Å²) in [7, 11) is 0. The van der Waals surface area contributed by atoms with Gasteiger partial charge in [0, 0.05) is 24.9 Å². The number of amides is 1. The third kappa shape index (κ3) is 2.74. The number of imidazole rings is 1. The molecule has 1 unspecified atom stereocenters. The molecule has 1 fully saturated rings. The number of aromatic nitrogens is 2. The van der Waals surface area contributed by atoms with Gasteiger partial charge >= 0.3 is 0 Å². The maximum absolute atomic E-state index is 12.1. The average molecular weight is 323 g/mol. The molecule has 2 heterocycles. The van der Waals surface area contributed by atoms with E-state index in [9.17, 15) is 4.79 Å². The van der Waals surface area contributed by atoms with Gasteiger partial charge in [0.05, 0.1) is 11.9 Å². The van der Waals surface area contributed by atoms with Crippen molar-refractivity contribution in [3.8, 4) is 11.3 Å². The average Bonchev–Trinajstić information content (AvgIpc) is 3.21. The van der Waals surface area contributed by atoms with Crippen LogP contribution in [0.4, 0.5) is 0 Å². The number of nitrogens with zero attached hydrogens (tertiary/aromatic N) is 2. The lowest BCUT2D eigenvalue weighted by Crippen LogP contribution is -2.31. The van der Waals surface area contributed by atoms with Crippen molar-refractivity contribution in [2.75, 3.05) is 6.54 Å². The van der Waals surface area contributed by atoms with Gasteiger partial charge in [0.25, 0.3) is 0 Å². The smallest absolute Gasteiger partial charge is 0.223 e. The van der Waals surface area contributed by atoms with Crippen molar-refractivity contribution in [3.63, 3.8) is 0 Å². The molecule has 1 aliphatic heterocycles. The van der Waals surface area contributed by atoms with Crippen LogP contribution in [-0.2, 0) is 17.6 Å². The highest BCUT2D eigenvalue weighted by atomic mass is 16.2. The number of rotatable bonds is 3. The van der Waals surface area contributed by atoms with Gasteiger partial charge in [-0.15, -0.1) is 0 Å². The molecule has 0 bridgehead atoms. The van der Waals surface area contributed by atoms with Crippen molar-refractivity contribution in [1.82, 2.24) is 14.9 Å². The van der Waals surface area contributed by atoms with Crippen LogP contribution < -0.4 is 0 Å². The van der Waals surface area contributed by atoms with E-state index in [2.05, 4.69) is 42.0 Å². The Bertz CT molecular complexity index is 762. The van der Waals surface area contributed by atoms with Gasteiger partial charge in [-0.05, 0) is 62.3 Å². The van der Waals surface area contributed by atoms with Crippen molar-refractivity contribution >= 4 is 5.91 Å². The summed E-state index contributed by atoms with van der Waals surface area (Å²) in [6.45, 7) is 4.91. The van der Waals surface area contributed by atoms with E-state index >= 15 is 0 Å². The number of aryl methyl sites for hydroxylation is 2. The van der Waals surface area contributed by atoms with Crippen LogP contribution in [0.1, 0.15) is 56.0 Å². The van der Waals surface area contributed by atoms with Crippen molar-refractivity contribution in [2.24, 2.45) is 0 Å². The Balaban J connectivity index is 1.56. The first-order chi connectivity index (χ1) is 11.6. The lowest BCUT2D eigenvalue weighted by atomic mass is 9.90. The normalized spacial score (nSPS) is 20.7. The van der Waals surface area contributed by atoms with E-state index in [0.29, 0.717) is 6.42 Å². The molecule has 1 saturated heterocycles. The molecular formula is C20H25N3O. The third-order valence-corrected chi connectivity index (χ3v) is 5.42. The minimum Gasteiger partial charge on any atom is -0.342 e. The van der Waals surface area contributed by atoms with Gasteiger partial charge < -0.3 is 9.88 Å². The molecule has 4 nitrogen and oxygen atoms in total. The Morgan fingerprint density at radius 2 is 2.00 bits per heavy atom. The van der Waals surface area contributed by atoms with Gasteiger partial charge in [-0.2, -0.15) is 0 Å². The molecule has 2 aromatic rings. The van der Waals surface area contributed by atoms with Crippen molar-refractivity contribution < 1.29 is 4.79 Å². The van der Waals surface area contributed by atoms with Gasteiger partial charge in [0.15, 0.2) is 0 Å². The van der Waals surface area contributed by atoms with Gasteiger partial charge in [-0.3, -0.25) is 4.79 Å². The SMILES string of the molecule is CC(C)N1CC(c2ncc(-c3ccc4c(c3)CCCC4)[nH]2)CC1=O. The fourth-order valence-electron chi connectivity index (χ4n) is 4.01. The second kappa shape index (κ2) is 6.08. The van der Waals surface area contributed by atoms with E-state index in [1.165, 1.54) is 42.4 Å². The first-order valence-electron chi connectivity index (χ1n) is 9.08. The summed E-state index contributed by atoms with van der Waals surface area (Å²) in [5, 5.41) is 0. The minimum atomic E-state index is 0.186. The van der Waals surface area contributed by atoms with Gasteiger partial charge in [0.2, 0.25) is 5.91 Å². The Labute approximate surface area is 143 Å². The molecule has 4 heteroatoms. The molecule has 24 heavy (non-hydrogen) atoms. The molecule has 1 aromatic carbocycles. The van der Waals surface area contributed by atoms with Crippen molar-refractivity contribution in [1.29, 1.82) is 0 Å². The number of benzene rings is 1. The maximum atomic E-state index is 12.1. The minimum absolute atomic E-state index is 0.186. The summed E-state index contributed by atoms with van der Waals surface area (Å²) >= 11 is 0. The number of H-pyrrole nitrogens is 1. The fraction of sp³-hybridized carbons (Fsp3) is 0.500. The van der Waals surface area contributed by atoms with Crippen LogP contribution in [0.2, 0.25) is 0 Å². The quantitative estimate of drug-likeness (QED) is 0.936. The van der Waals surface area contributed by atoms with Crippen LogP contribution in [0.5, 0.6) is 0 Å². The number of hydrogen-bond donors (Lipinski definition) is 1. The molecule has 0 radical (unpaired) electrons. The molecule has 2 aliphatic rings. The second-order valence-corrected chi connectivity index (χ2v) is 7.41. The Morgan fingerprint density at radius 1 is 1.21 bits per heavy atom. The molecule has 1 atom stereocenters. The van der Waals surface area contributed by atoms with E-state index in [1.807, 2.05) is 11.1 Å². The van der Waals surface area contributed by atoms with Crippen LogP contribution >= 0.6 is 0 Å². The molecule has 4 rings (SSSR count). The highest BCUT2D eigenvalue weighted by molar-refractivity contribution is 5.80. The summed E-state index contributed by atoms with van der Waals surface area (Å²) in [5.74, 6) is 1.37. The van der Waals surface area contributed by atoms with E-state index in [-0.39, 0.29) is 17.9 Å². The number of aromatic amines is 1. The zero-order valence-electron chi connectivity index (χ0n) is 14.5. The molecular weight excluding hydrogens is 298 g/mol. The van der Waals surface area contributed by atoms with Gasteiger partial charge in [0.1, 0.15) is 5.82 Å². The predicted molar refractivity (Wildman–Crippen MR) is 94.9 cm³/mol. The zero-order valence-corrected chi connectivity index (χ0v) is 14.5. The van der Waals surface area contributed by atoms with Crippen LogP contribution in [0.25, 0.3) is 11.3 Å². The highest BCUT2D eigenvalue weighted by Gasteiger charge is 2.33. The van der Waals surface area contributed by atoms with Crippen molar-refractivity contribution in [2.45, 2.75) is 57.9 Å². The standard InChI is InChI=1S/C20H25N3O/c1-13(2)23-12-17(10-19(23)24)20-21-11-18(22-20)16-8-7-14-5-3-4-6-15(14)9-16/h7-9,11,13,17H,3-6,10,12H2,1-2H3,(H,21,22). The molecule has 1 aliphatic carbocycles. The second-order valence-electron chi connectivity index (χ2n) is 7.41. The van der Waals surface area contributed by atoms with Gasteiger partial charge in [-0.1, -0.05) is 12.1 Å². The summed E-state index contributed by atoms with van der Waals surface area (Å²) in [5.41, 5.74) is 5.25. The van der Waals surface area contributed by atoms with Crippen LogP contribution in [0, 0.1) is 0 Å². The van der Waals surface area contributed by atoms with Crippen LogP contribution in [0.15, 0.2) is 24.4 Å². The zero-order chi connectivity index (χ0) is 16.7.